The lowest BCUT2D eigenvalue weighted by atomic mass is 10.3. The molecule has 3 aromatic rings. The van der Waals surface area contributed by atoms with E-state index in [1.807, 2.05) is 0 Å². The first-order valence-electron chi connectivity index (χ1n) is 7.07. The molecule has 136 valence electrons. The van der Waals surface area contributed by atoms with E-state index in [0.717, 1.165) is 11.3 Å². The zero-order valence-electron chi connectivity index (χ0n) is 13.0. The van der Waals surface area contributed by atoms with E-state index in [4.69, 9.17) is 11.6 Å². The Labute approximate surface area is 159 Å². The van der Waals surface area contributed by atoms with E-state index in [2.05, 4.69) is 14.4 Å². The van der Waals surface area contributed by atoms with Gasteiger partial charge < -0.3 is 0 Å². The molecule has 0 bridgehead atoms. The molecule has 0 spiro atoms. The number of thiazole rings is 1. The average molecular weight is 430 g/mol. The van der Waals surface area contributed by atoms with Crippen LogP contribution in [0, 0.1) is 0 Å². The molecule has 0 saturated heterocycles. The van der Waals surface area contributed by atoms with Crippen LogP contribution in [0.2, 0.25) is 5.02 Å². The van der Waals surface area contributed by atoms with Gasteiger partial charge in [0.15, 0.2) is 5.13 Å². The lowest BCUT2D eigenvalue weighted by molar-refractivity contribution is 0.600. The molecule has 0 aliphatic rings. The highest BCUT2D eigenvalue weighted by Crippen LogP contribution is 2.22. The molecule has 0 aliphatic carbocycles. The first-order valence-corrected chi connectivity index (χ1v) is 11.3. The molecule has 0 aliphatic heterocycles. The molecule has 0 atom stereocenters. The Morgan fingerprint density at radius 2 is 1.35 bits per heavy atom. The minimum atomic E-state index is -3.80. The summed E-state index contributed by atoms with van der Waals surface area (Å²) in [6, 6.07) is 11.0. The largest absolute Gasteiger partial charge is 0.280 e. The van der Waals surface area contributed by atoms with Gasteiger partial charge in [0.25, 0.3) is 20.0 Å². The Morgan fingerprint density at radius 1 is 0.808 bits per heavy atom. The predicted molar refractivity (Wildman–Crippen MR) is 102 cm³/mol. The number of hydrogen-bond acceptors (Lipinski definition) is 6. The Bertz CT molecular complexity index is 1100. The number of hydrogen-bond donors (Lipinski definition) is 2. The van der Waals surface area contributed by atoms with Crippen LogP contribution in [-0.4, -0.2) is 21.8 Å². The zero-order valence-corrected chi connectivity index (χ0v) is 16.2. The van der Waals surface area contributed by atoms with Gasteiger partial charge in [-0.2, -0.15) is 0 Å². The van der Waals surface area contributed by atoms with Gasteiger partial charge in [0.2, 0.25) is 0 Å². The van der Waals surface area contributed by atoms with Crippen molar-refractivity contribution in [2.45, 2.75) is 9.79 Å². The van der Waals surface area contributed by atoms with Crippen molar-refractivity contribution < 1.29 is 16.8 Å². The van der Waals surface area contributed by atoms with E-state index in [0.29, 0.717) is 5.02 Å². The van der Waals surface area contributed by atoms with Gasteiger partial charge in [-0.25, -0.2) is 21.8 Å². The minimum Gasteiger partial charge on any atom is -0.280 e. The third kappa shape index (κ3) is 4.33. The standard InChI is InChI=1S/C15H12ClN3O4S3/c16-11-1-5-13(6-2-11)25(20,21)18-12-3-7-14(8-4-12)26(22,23)19-15-17-9-10-24-15/h1-10,18H,(H,17,19). The fourth-order valence-corrected chi connectivity index (χ4v) is 4.95. The molecule has 2 N–H and O–H groups in total. The van der Waals surface area contributed by atoms with Crippen LogP contribution in [0.25, 0.3) is 0 Å². The van der Waals surface area contributed by atoms with Crippen LogP contribution in [0.15, 0.2) is 69.9 Å². The van der Waals surface area contributed by atoms with Gasteiger partial charge in [0.05, 0.1) is 9.79 Å². The zero-order chi connectivity index (χ0) is 18.8. The molecule has 3 rings (SSSR count). The van der Waals surface area contributed by atoms with Crippen molar-refractivity contribution in [2.24, 2.45) is 0 Å². The lowest BCUT2D eigenvalue weighted by Crippen LogP contribution is -2.14. The number of halogens is 1. The number of nitrogens with zero attached hydrogens (tertiary/aromatic N) is 1. The van der Waals surface area contributed by atoms with Gasteiger partial charge in [-0.05, 0) is 48.5 Å². The fraction of sp³-hybridized carbons (Fsp3) is 0. The van der Waals surface area contributed by atoms with Crippen molar-refractivity contribution in [2.75, 3.05) is 9.44 Å². The van der Waals surface area contributed by atoms with E-state index in [9.17, 15) is 16.8 Å². The molecular weight excluding hydrogens is 418 g/mol. The molecule has 2 aromatic carbocycles. The number of aromatic nitrogens is 1. The Balaban J connectivity index is 1.78. The molecule has 1 aromatic heterocycles. The van der Waals surface area contributed by atoms with Crippen molar-refractivity contribution in [1.82, 2.24) is 4.98 Å². The molecule has 0 amide bonds. The monoisotopic (exact) mass is 429 g/mol. The van der Waals surface area contributed by atoms with Crippen molar-refractivity contribution in [3.8, 4) is 0 Å². The maximum atomic E-state index is 12.3. The van der Waals surface area contributed by atoms with Gasteiger partial charge in [0, 0.05) is 22.3 Å². The lowest BCUT2D eigenvalue weighted by Gasteiger charge is -2.09. The molecule has 11 heteroatoms. The van der Waals surface area contributed by atoms with Crippen molar-refractivity contribution >= 4 is 53.8 Å². The SMILES string of the molecule is O=S(=O)(Nc1ccc(S(=O)(=O)Nc2nccs2)cc1)c1ccc(Cl)cc1. The summed E-state index contributed by atoms with van der Waals surface area (Å²) in [6.45, 7) is 0. The van der Waals surface area contributed by atoms with E-state index in [1.165, 1.54) is 54.7 Å². The summed E-state index contributed by atoms with van der Waals surface area (Å²) in [6.07, 6.45) is 1.48. The summed E-state index contributed by atoms with van der Waals surface area (Å²) < 4.78 is 53.9. The summed E-state index contributed by atoms with van der Waals surface area (Å²) in [4.78, 5) is 3.89. The molecular formula is C15H12ClN3O4S3. The van der Waals surface area contributed by atoms with Gasteiger partial charge in [-0.3, -0.25) is 9.44 Å². The predicted octanol–water partition coefficient (Wildman–Crippen LogP) is 3.40. The summed E-state index contributed by atoms with van der Waals surface area (Å²) >= 11 is 6.90. The highest BCUT2D eigenvalue weighted by molar-refractivity contribution is 7.93. The molecule has 0 saturated carbocycles. The van der Waals surface area contributed by atoms with E-state index >= 15 is 0 Å². The quantitative estimate of drug-likeness (QED) is 0.624. The topological polar surface area (TPSA) is 105 Å². The number of anilines is 2. The first kappa shape index (κ1) is 18.6. The normalized spacial score (nSPS) is 11.9. The Kier molecular flexibility index (Phi) is 5.19. The second kappa shape index (κ2) is 7.23. The molecule has 1 heterocycles. The maximum Gasteiger partial charge on any atom is 0.263 e. The number of sulfonamides is 2. The van der Waals surface area contributed by atoms with Gasteiger partial charge >= 0.3 is 0 Å². The summed E-state index contributed by atoms with van der Waals surface area (Å²) in [5.74, 6) is 0. The van der Waals surface area contributed by atoms with E-state index < -0.39 is 20.0 Å². The molecule has 0 unspecified atom stereocenters. The van der Waals surface area contributed by atoms with E-state index in [1.54, 1.807) is 5.38 Å². The van der Waals surface area contributed by atoms with Gasteiger partial charge in [-0.15, -0.1) is 11.3 Å². The smallest absolute Gasteiger partial charge is 0.263 e. The second-order valence-electron chi connectivity index (χ2n) is 5.03. The number of rotatable bonds is 6. The van der Waals surface area contributed by atoms with Crippen LogP contribution in [0.4, 0.5) is 10.8 Å². The second-order valence-corrected chi connectivity index (χ2v) is 9.72. The number of benzene rings is 2. The van der Waals surface area contributed by atoms with E-state index in [-0.39, 0.29) is 20.6 Å². The summed E-state index contributed by atoms with van der Waals surface area (Å²) in [7, 11) is -7.60. The van der Waals surface area contributed by atoms with Crippen LogP contribution in [0.5, 0.6) is 0 Å². The van der Waals surface area contributed by atoms with Crippen LogP contribution < -0.4 is 9.44 Å². The highest BCUT2D eigenvalue weighted by Gasteiger charge is 2.17. The van der Waals surface area contributed by atoms with Crippen LogP contribution in [-0.2, 0) is 20.0 Å². The van der Waals surface area contributed by atoms with Gasteiger partial charge in [0.1, 0.15) is 0 Å². The molecule has 7 nitrogen and oxygen atoms in total. The van der Waals surface area contributed by atoms with Crippen LogP contribution in [0.3, 0.4) is 0 Å². The van der Waals surface area contributed by atoms with Crippen molar-refractivity contribution in [3.63, 3.8) is 0 Å². The van der Waals surface area contributed by atoms with Crippen LogP contribution in [0.1, 0.15) is 0 Å². The fourth-order valence-electron chi connectivity index (χ4n) is 1.98. The third-order valence-corrected chi connectivity index (χ3v) is 7.02. The van der Waals surface area contributed by atoms with Crippen molar-refractivity contribution in [3.05, 3.63) is 65.1 Å². The first-order chi connectivity index (χ1) is 12.3. The average Bonchev–Trinajstić information content (AvgIpc) is 3.07. The highest BCUT2D eigenvalue weighted by atomic mass is 35.5. The Morgan fingerprint density at radius 3 is 1.88 bits per heavy atom. The summed E-state index contributed by atoms with van der Waals surface area (Å²) in [5.41, 5.74) is 0.230. The minimum absolute atomic E-state index is 0.0119. The Hall–Kier alpha value is -2.14. The molecule has 0 radical (unpaired) electrons. The summed E-state index contributed by atoms with van der Waals surface area (Å²) in [5, 5.41) is 2.32. The number of nitrogens with one attached hydrogen (secondary N) is 2. The van der Waals surface area contributed by atoms with Gasteiger partial charge in [-0.1, -0.05) is 11.6 Å². The molecule has 0 fully saturated rings. The van der Waals surface area contributed by atoms with Crippen LogP contribution >= 0.6 is 22.9 Å². The third-order valence-electron chi connectivity index (χ3n) is 3.19. The molecule has 26 heavy (non-hydrogen) atoms. The van der Waals surface area contributed by atoms with Crippen molar-refractivity contribution in [1.29, 1.82) is 0 Å². The maximum absolute atomic E-state index is 12.3.